The number of hydrogen-bond acceptors (Lipinski definition) is 7. The molecule has 0 unspecified atom stereocenters. The Morgan fingerprint density at radius 2 is 1.82 bits per heavy atom. The van der Waals surface area contributed by atoms with Crippen molar-refractivity contribution in [2.24, 2.45) is 4.99 Å². The molecule has 0 fully saturated rings. The first-order valence-electron chi connectivity index (χ1n) is 13.6. The van der Waals surface area contributed by atoms with Crippen LogP contribution in [0.15, 0.2) is 63.5 Å². The molecule has 1 atom stereocenters. The topological polar surface area (TPSA) is 82.4 Å². The van der Waals surface area contributed by atoms with Gasteiger partial charge >= 0.3 is 0 Å². The summed E-state index contributed by atoms with van der Waals surface area (Å²) in [6, 6.07) is 12.5. The monoisotopic (exact) mass is 563 g/mol. The second-order valence-electron chi connectivity index (χ2n) is 9.61. The number of nitrogens with zero attached hydrogens (tertiary/aromatic N) is 3. The molecule has 2 aromatic carbocycles. The van der Waals surface area contributed by atoms with E-state index in [1.165, 1.54) is 11.3 Å². The van der Waals surface area contributed by atoms with E-state index in [0.717, 1.165) is 11.1 Å². The van der Waals surface area contributed by atoms with Crippen molar-refractivity contribution >= 4 is 23.3 Å². The maximum Gasteiger partial charge on any atom is 0.271 e. The summed E-state index contributed by atoms with van der Waals surface area (Å²) in [5, 5.41) is 0. The van der Waals surface area contributed by atoms with E-state index < -0.39 is 6.04 Å². The van der Waals surface area contributed by atoms with Crippen LogP contribution < -0.4 is 29.1 Å². The van der Waals surface area contributed by atoms with Crippen molar-refractivity contribution in [3.05, 3.63) is 84.5 Å². The van der Waals surface area contributed by atoms with Gasteiger partial charge in [-0.25, -0.2) is 4.99 Å². The molecule has 0 radical (unpaired) electrons. The zero-order valence-electron chi connectivity index (χ0n) is 24.2. The summed E-state index contributed by atoms with van der Waals surface area (Å²) in [6.45, 7) is 13.1. The van der Waals surface area contributed by atoms with E-state index in [-0.39, 0.29) is 17.6 Å². The molecular formula is C31H37N3O5S. The lowest BCUT2D eigenvalue weighted by Gasteiger charge is -2.29. The molecular weight excluding hydrogens is 526 g/mol. The number of para-hydroxylation sites is 1. The van der Waals surface area contributed by atoms with E-state index in [1.807, 2.05) is 90.1 Å². The number of benzene rings is 2. The smallest absolute Gasteiger partial charge is 0.271 e. The van der Waals surface area contributed by atoms with Crippen molar-refractivity contribution in [1.82, 2.24) is 9.47 Å². The largest absolute Gasteiger partial charge is 0.496 e. The van der Waals surface area contributed by atoms with Gasteiger partial charge in [-0.2, -0.15) is 0 Å². The fourth-order valence-electron chi connectivity index (χ4n) is 4.85. The summed E-state index contributed by atoms with van der Waals surface area (Å²) in [6.07, 6.45) is 1.83. The minimum atomic E-state index is -0.677. The van der Waals surface area contributed by atoms with Gasteiger partial charge in [0.05, 0.1) is 35.6 Å². The third kappa shape index (κ3) is 5.70. The molecule has 40 heavy (non-hydrogen) atoms. The summed E-state index contributed by atoms with van der Waals surface area (Å²) >= 11 is 1.30. The average molecular weight is 564 g/mol. The highest BCUT2D eigenvalue weighted by molar-refractivity contribution is 7.07. The molecule has 212 valence electrons. The minimum Gasteiger partial charge on any atom is -0.496 e. The number of hydrogen-bond donors (Lipinski definition) is 0. The van der Waals surface area contributed by atoms with Gasteiger partial charge in [0.2, 0.25) is 0 Å². The second-order valence-corrected chi connectivity index (χ2v) is 10.6. The number of methoxy groups -OCH3 is 1. The van der Waals surface area contributed by atoms with Gasteiger partial charge in [-0.3, -0.25) is 14.2 Å². The van der Waals surface area contributed by atoms with Gasteiger partial charge < -0.3 is 19.1 Å². The maximum absolute atomic E-state index is 14.0. The van der Waals surface area contributed by atoms with Crippen LogP contribution in [-0.4, -0.2) is 48.3 Å². The maximum atomic E-state index is 14.0. The quantitative estimate of drug-likeness (QED) is 0.368. The third-order valence-electron chi connectivity index (χ3n) is 6.66. The van der Waals surface area contributed by atoms with Gasteiger partial charge in [-0.15, -0.1) is 0 Å². The van der Waals surface area contributed by atoms with E-state index in [0.29, 0.717) is 57.5 Å². The van der Waals surface area contributed by atoms with Crippen molar-refractivity contribution in [2.75, 3.05) is 26.8 Å². The van der Waals surface area contributed by atoms with Crippen molar-refractivity contribution < 1.29 is 19.0 Å². The van der Waals surface area contributed by atoms with Crippen LogP contribution in [0.2, 0.25) is 0 Å². The Morgan fingerprint density at radius 1 is 1.10 bits per heavy atom. The van der Waals surface area contributed by atoms with Crippen molar-refractivity contribution in [3.8, 4) is 17.2 Å². The van der Waals surface area contributed by atoms with Crippen LogP contribution in [0.3, 0.4) is 0 Å². The fourth-order valence-corrected chi connectivity index (χ4v) is 5.89. The van der Waals surface area contributed by atoms with Gasteiger partial charge in [0.1, 0.15) is 11.8 Å². The molecule has 4 rings (SSSR count). The first-order valence-corrected chi connectivity index (χ1v) is 14.4. The van der Waals surface area contributed by atoms with Crippen LogP contribution in [0, 0.1) is 0 Å². The summed E-state index contributed by atoms with van der Waals surface area (Å²) in [5.74, 6) is 1.73. The van der Waals surface area contributed by atoms with Crippen molar-refractivity contribution in [1.29, 1.82) is 0 Å². The molecule has 0 aliphatic carbocycles. The lowest BCUT2D eigenvalue weighted by molar-refractivity contribution is -0.127. The summed E-state index contributed by atoms with van der Waals surface area (Å²) in [4.78, 5) is 34.9. The number of likely N-dealkylation sites (N-methyl/N-ethyl adjacent to an activating group) is 1. The number of carbonyl (C=O) groups is 1. The molecule has 9 heteroatoms. The number of allylic oxidation sites excluding steroid dienone is 1. The number of amides is 1. The van der Waals surface area contributed by atoms with E-state index in [9.17, 15) is 9.59 Å². The predicted molar refractivity (Wildman–Crippen MR) is 158 cm³/mol. The molecule has 1 aromatic heterocycles. The first kappa shape index (κ1) is 29.1. The molecule has 0 spiro atoms. The SMILES string of the molecule is CCOc1cc(/C=c2/sc3n(c2=O)[C@H](c2ccccc2OC)C(C(=O)N(CC)CC)=C(C)N=3)ccc1OC(C)C. The lowest BCUT2D eigenvalue weighted by atomic mass is 9.94. The highest BCUT2D eigenvalue weighted by atomic mass is 32.1. The van der Waals surface area contributed by atoms with E-state index in [4.69, 9.17) is 19.2 Å². The standard InChI is InChI=1S/C31H37N3O5S/c1-8-33(9-2)30(36)27-20(6)32-31-34(28(27)22-13-11-12-14-23(22)37-7)29(35)26(40-31)18-21-15-16-24(39-19(4)5)25(17-21)38-10-3/h11-19,28H,8-10H2,1-7H3/b26-18+/t28-/m1/s1. The van der Waals surface area contributed by atoms with Crippen LogP contribution in [0.4, 0.5) is 0 Å². The normalized spacial score (nSPS) is 15.1. The van der Waals surface area contributed by atoms with Crippen LogP contribution >= 0.6 is 11.3 Å². The number of rotatable bonds is 10. The highest BCUT2D eigenvalue weighted by Crippen LogP contribution is 2.36. The zero-order chi connectivity index (χ0) is 29.0. The Labute approximate surface area is 238 Å². The van der Waals surface area contributed by atoms with Crippen LogP contribution in [0.5, 0.6) is 17.2 Å². The Bertz CT molecular complexity index is 1600. The number of fused-ring (bicyclic) bond motifs is 1. The van der Waals surface area contributed by atoms with Gasteiger partial charge in [-0.05, 0) is 71.4 Å². The molecule has 1 amide bonds. The van der Waals surface area contributed by atoms with Gasteiger partial charge in [0.15, 0.2) is 16.3 Å². The second kappa shape index (κ2) is 12.6. The number of aromatic nitrogens is 1. The van der Waals surface area contributed by atoms with E-state index in [2.05, 4.69) is 0 Å². The molecule has 8 nitrogen and oxygen atoms in total. The van der Waals surface area contributed by atoms with Gasteiger partial charge in [0, 0.05) is 18.7 Å². The van der Waals surface area contributed by atoms with Crippen LogP contribution in [0.25, 0.3) is 6.08 Å². The Kier molecular flexibility index (Phi) is 9.14. The Morgan fingerprint density at radius 3 is 2.48 bits per heavy atom. The first-order chi connectivity index (χ1) is 19.2. The molecule has 1 aliphatic heterocycles. The third-order valence-corrected chi connectivity index (χ3v) is 7.65. The van der Waals surface area contributed by atoms with Crippen molar-refractivity contribution in [2.45, 2.75) is 53.7 Å². The van der Waals surface area contributed by atoms with Gasteiger partial charge in [0.25, 0.3) is 11.5 Å². The number of carbonyl (C=O) groups excluding carboxylic acids is 1. The number of ether oxygens (including phenoxy) is 3. The molecule has 3 aromatic rings. The molecule has 0 bridgehead atoms. The molecule has 0 saturated heterocycles. The van der Waals surface area contributed by atoms with E-state index >= 15 is 0 Å². The van der Waals surface area contributed by atoms with Crippen molar-refractivity contribution in [3.63, 3.8) is 0 Å². The van der Waals surface area contributed by atoms with Crippen LogP contribution in [-0.2, 0) is 4.79 Å². The fraction of sp³-hybridized carbons (Fsp3) is 0.387. The minimum absolute atomic E-state index is 0.000195. The molecule has 1 aliphatic rings. The summed E-state index contributed by atoms with van der Waals surface area (Å²) in [5.41, 5.74) is 2.37. The molecule has 2 heterocycles. The summed E-state index contributed by atoms with van der Waals surface area (Å²) in [7, 11) is 1.59. The Balaban J connectivity index is 1.93. The lowest BCUT2D eigenvalue weighted by Crippen LogP contribution is -2.43. The zero-order valence-corrected chi connectivity index (χ0v) is 25.0. The highest BCUT2D eigenvalue weighted by Gasteiger charge is 2.35. The molecule has 0 N–H and O–H groups in total. The molecule has 0 saturated carbocycles. The average Bonchev–Trinajstić information content (AvgIpc) is 3.23. The van der Waals surface area contributed by atoms with E-state index in [1.54, 1.807) is 16.6 Å². The summed E-state index contributed by atoms with van der Waals surface area (Å²) < 4.78 is 19.5. The number of thiazole rings is 1. The predicted octanol–water partition coefficient (Wildman–Crippen LogP) is 4.30. The van der Waals surface area contributed by atoms with Gasteiger partial charge in [-0.1, -0.05) is 35.6 Å². The Hall–Kier alpha value is -3.85. The van der Waals surface area contributed by atoms with Crippen LogP contribution in [0.1, 0.15) is 58.7 Å².